The van der Waals surface area contributed by atoms with Crippen molar-refractivity contribution < 1.29 is 9.59 Å². The van der Waals surface area contributed by atoms with E-state index < -0.39 is 0 Å². The highest BCUT2D eigenvalue weighted by molar-refractivity contribution is 6.21. The highest BCUT2D eigenvalue weighted by Gasteiger charge is 2.34. The Bertz CT molecular complexity index is 405. The van der Waals surface area contributed by atoms with Crippen LogP contribution in [0.1, 0.15) is 53.3 Å². The predicted octanol–water partition coefficient (Wildman–Crippen LogP) is 2.86. The van der Waals surface area contributed by atoms with E-state index in [0.717, 1.165) is 25.7 Å². The first-order valence-electron chi connectivity index (χ1n) is 6.21. The van der Waals surface area contributed by atoms with Gasteiger partial charge in [-0.2, -0.15) is 0 Å². The molecule has 2 rings (SSSR count). The van der Waals surface area contributed by atoms with Gasteiger partial charge in [-0.1, -0.05) is 38.3 Å². The van der Waals surface area contributed by atoms with Gasteiger partial charge in [-0.3, -0.25) is 14.5 Å². The van der Waals surface area contributed by atoms with Gasteiger partial charge < -0.3 is 0 Å². The van der Waals surface area contributed by atoms with Crippen LogP contribution in [0.4, 0.5) is 0 Å². The molecule has 0 unspecified atom stereocenters. The predicted molar refractivity (Wildman–Crippen MR) is 66.0 cm³/mol. The summed E-state index contributed by atoms with van der Waals surface area (Å²) in [5.41, 5.74) is 1.10. The second kappa shape index (κ2) is 5.13. The SMILES string of the molecule is CCCCCCN1C(=O)c2ccccc2[11C]1=O. The molecule has 90 valence electrons. The number of hydrogen-bond acceptors (Lipinski definition) is 2. The van der Waals surface area contributed by atoms with Gasteiger partial charge in [0.05, 0.1) is 11.1 Å². The highest BCUT2D eigenvalue weighted by Crippen LogP contribution is 2.22. The van der Waals surface area contributed by atoms with E-state index in [-0.39, 0.29) is 11.8 Å². The molecular weight excluding hydrogens is 213 g/mol. The first kappa shape index (κ1) is 11.8. The van der Waals surface area contributed by atoms with Gasteiger partial charge in [0, 0.05) is 6.54 Å². The number of carbonyl (C=O) groups is 2. The molecule has 0 saturated carbocycles. The Morgan fingerprint density at radius 3 is 2.06 bits per heavy atom. The molecule has 17 heavy (non-hydrogen) atoms. The molecule has 0 aromatic heterocycles. The number of unbranched alkanes of at least 4 members (excludes halogenated alkanes) is 3. The summed E-state index contributed by atoms with van der Waals surface area (Å²) in [6, 6.07) is 7.04. The molecule has 0 spiro atoms. The molecule has 3 heteroatoms. The zero-order chi connectivity index (χ0) is 12.3. The Labute approximate surface area is 101 Å². The van der Waals surface area contributed by atoms with Crippen molar-refractivity contribution >= 4 is 11.8 Å². The molecule has 1 aromatic carbocycles. The second-order valence-electron chi connectivity index (χ2n) is 4.37. The van der Waals surface area contributed by atoms with Crippen LogP contribution in [0.5, 0.6) is 0 Å². The van der Waals surface area contributed by atoms with Gasteiger partial charge >= 0.3 is 0 Å². The first-order chi connectivity index (χ1) is 8.25. The molecular formula is C14H17NO2. The van der Waals surface area contributed by atoms with E-state index in [1.165, 1.54) is 4.90 Å². The van der Waals surface area contributed by atoms with Crippen LogP contribution in [0.2, 0.25) is 0 Å². The molecule has 0 N–H and O–H groups in total. The van der Waals surface area contributed by atoms with Crippen molar-refractivity contribution in [3.8, 4) is 0 Å². The summed E-state index contributed by atoms with van der Waals surface area (Å²) in [5, 5.41) is 0. The van der Waals surface area contributed by atoms with Crippen LogP contribution in [0, 0.1) is 0 Å². The lowest BCUT2D eigenvalue weighted by Crippen LogP contribution is -2.30. The maximum Gasteiger partial charge on any atom is 0.261 e. The molecule has 0 radical (unpaired) electrons. The molecule has 0 atom stereocenters. The summed E-state index contributed by atoms with van der Waals surface area (Å²) in [7, 11) is 0. The monoisotopic (exact) mass is 230 g/mol. The molecule has 3 nitrogen and oxygen atoms in total. The van der Waals surface area contributed by atoms with Crippen LogP contribution < -0.4 is 0 Å². The van der Waals surface area contributed by atoms with E-state index in [4.69, 9.17) is 0 Å². The lowest BCUT2D eigenvalue weighted by molar-refractivity contribution is 0.0651. The standard InChI is InChI=1S/C14H17NO2/c1-2-3-4-7-10-15-13(16)11-8-5-6-9-12(11)14(15)17/h5-6,8-9H,2-4,7,10H2,1H3/i13-1. The van der Waals surface area contributed by atoms with Gasteiger partial charge in [-0.15, -0.1) is 0 Å². The van der Waals surface area contributed by atoms with E-state index in [2.05, 4.69) is 6.92 Å². The van der Waals surface area contributed by atoms with E-state index in [1.807, 2.05) is 0 Å². The Morgan fingerprint density at radius 2 is 1.53 bits per heavy atom. The molecule has 0 saturated heterocycles. The normalized spacial score (nSPS) is 14.3. The molecule has 1 aliphatic rings. The maximum atomic E-state index is 12.0. The third-order valence-electron chi connectivity index (χ3n) is 3.11. The average molecular weight is 230 g/mol. The van der Waals surface area contributed by atoms with Crippen LogP contribution in [0.15, 0.2) is 24.3 Å². The van der Waals surface area contributed by atoms with Crippen molar-refractivity contribution in [3.05, 3.63) is 35.4 Å². The van der Waals surface area contributed by atoms with Crippen LogP contribution in [-0.2, 0) is 0 Å². The Kier molecular flexibility index (Phi) is 3.57. The maximum absolute atomic E-state index is 12.0. The lowest BCUT2D eigenvalue weighted by atomic mass is 9.88. The molecule has 1 aliphatic heterocycles. The fraction of sp³-hybridized carbons (Fsp3) is 0.429. The van der Waals surface area contributed by atoms with Gasteiger partial charge in [0.2, 0.25) is 0 Å². The van der Waals surface area contributed by atoms with E-state index in [9.17, 15) is 9.59 Å². The number of amides is 2. The van der Waals surface area contributed by atoms with E-state index in [0.29, 0.717) is 17.7 Å². The summed E-state index contributed by atoms with van der Waals surface area (Å²) in [6.45, 7) is 2.69. The number of hydrogen-bond donors (Lipinski definition) is 0. The summed E-state index contributed by atoms with van der Waals surface area (Å²) in [6.07, 6.45) is 4.29. The van der Waals surface area contributed by atoms with Crippen molar-refractivity contribution in [2.45, 2.75) is 32.6 Å². The molecule has 1 heterocycles. The van der Waals surface area contributed by atoms with Gasteiger partial charge in [-0.05, 0) is 18.6 Å². The molecule has 0 bridgehead atoms. The largest absolute Gasteiger partial charge is 0.274 e. The minimum atomic E-state index is -0.137. The lowest BCUT2D eigenvalue weighted by Gasteiger charge is -2.13. The smallest absolute Gasteiger partial charge is 0.261 e. The fourth-order valence-corrected chi connectivity index (χ4v) is 2.14. The minimum absolute atomic E-state index is 0.137. The van der Waals surface area contributed by atoms with Gasteiger partial charge in [-0.25, -0.2) is 0 Å². The first-order valence-corrected chi connectivity index (χ1v) is 6.21. The number of carbonyl (C=O) groups excluding carboxylic acids is 2. The number of rotatable bonds is 5. The minimum Gasteiger partial charge on any atom is -0.274 e. The summed E-state index contributed by atoms with van der Waals surface area (Å²) in [5.74, 6) is -0.274. The van der Waals surface area contributed by atoms with Crippen molar-refractivity contribution in [2.24, 2.45) is 0 Å². The Balaban J connectivity index is 2.03. The second-order valence-corrected chi connectivity index (χ2v) is 4.37. The van der Waals surface area contributed by atoms with Crippen molar-refractivity contribution in [1.29, 1.82) is 0 Å². The van der Waals surface area contributed by atoms with Gasteiger partial charge in [0.15, 0.2) is 0 Å². The average Bonchev–Trinajstić information content (AvgIpc) is 2.60. The number of benzene rings is 1. The number of nitrogens with zero attached hydrogens (tertiary/aromatic N) is 1. The fourth-order valence-electron chi connectivity index (χ4n) is 2.14. The van der Waals surface area contributed by atoms with E-state index in [1.54, 1.807) is 24.3 Å². The van der Waals surface area contributed by atoms with Gasteiger partial charge in [0.1, 0.15) is 0 Å². The van der Waals surface area contributed by atoms with Crippen LogP contribution >= 0.6 is 0 Å². The Morgan fingerprint density at radius 1 is 0.941 bits per heavy atom. The van der Waals surface area contributed by atoms with E-state index >= 15 is 0 Å². The summed E-state index contributed by atoms with van der Waals surface area (Å²) >= 11 is 0. The van der Waals surface area contributed by atoms with Crippen molar-refractivity contribution in [3.63, 3.8) is 0 Å². The summed E-state index contributed by atoms with van der Waals surface area (Å²) in [4.78, 5) is 25.3. The van der Waals surface area contributed by atoms with Crippen LogP contribution in [0.25, 0.3) is 0 Å². The molecule has 0 aliphatic carbocycles. The third-order valence-corrected chi connectivity index (χ3v) is 3.11. The molecule has 0 fully saturated rings. The topological polar surface area (TPSA) is 37.4 Å². The number of imide groups is 1. The van der Waals surface area contributed by atoms with Crippen LogP contribution in [-0.4, -0.2) is 23.3 Å². The molecule has 2 amide bonds. The third kappa shape index (κ3) is 2.23. The van der Waals surface area contributed by atoms with Crippen LogP contribution in [0.3, 0.4) is 0 Å². The number of fused-ring (bicyclic) bond motifs is 1. The highest BCUT2D eigenvalue weighted by atomic mass is 16.2. The quantitative estimate of drug-likeness (QED) is 0.576. The zero-order valence-corrected chi connectivity index (χ0v) is 10.1. The zero-order valence-electron chi connectivity index (χ0n) is 10.1. The Hall–Kier alpha value is -1.64. The van der Waals surface area contributed by atoms with Crippen molar-refractivity contribution in [2.75, 3.05) is 6.54 Å². The van der Waals surface area contributed by atoms with Crippen molar-refractivity contribution in [1.82, 2.24) is 4.90 Å². The summed E-state index contributed by atoms with van der Waals surface area (Å²) < 4.78 is 0. The van der Waals surface area contributed by atoms with Gasteiger partial charge in [0.25, 0.3) is 11.8 Å². The molecule has 1 aromatic rings.